The first-order chi connectivity index (χ1) is 12.7. The first-order valence-corrected chi connectivity index (χ1v) is 8.76. The summed E-state index contributed by atoms with van der Waals surface area (Å²) in [6.45, 7) is 0.430. The molecule has 1 aliphatic rings. The molecule has 0 saturated heterocycles. The van der Waals surface area contributed by atoms with Crippen LogP contribution in [0.25, 0.3) is 5.69 Å². The summed E-state index contributed by atoms with van der Waals surface area (Å²) < 4.78 is 15.0. The van der Waals surface area contributed by atoms with Crippen molar-refractivity contribution in [1.82, 2.24) is 20.1 Å². The van der Waals surface area contributed by atoms with Crippen LogP contribution in [0.5, 0.6) is 0 Å². The maximum Gasteiger partial charge on any atom is 0.272 e. The highest BCUT2D eigenvalue weighted by Crippen LogP contribution is 2.27. The largest absolute Gasteiger partial charge is 0.347 e. The minimum Gasteiger partial charge on any atom is -0.347 e. The van der Waals surface area contributed by atoms with E-state index in [1.807, 2.05) is 12.1 Å². The van der Waals surface area contributed by atoms with Gasteiger partial charge >= 0.3 is 0 Å². The summed E-state index contributed by atoms with van der Waals surface area (Å²) >= 11 is 0. The van der Waals surface area contributed by atoms with Gasteiger partial charge in [-0.3, -0.25) is 9.78 Å². The second-order valence-corrected chi connectivity index (χ2v) is 6.41. The van der Waals surface area contributed by atoms with Crippen LogP contribution >= 0.6 is 0 Å². The van der Waals surface area contributed by atoms with Crippen LogP contribution in [-0.2, 0) is 19.4 Å². The van der Waals surface area contributed by atoms with Crippen LogP contribution in [0.1, 0.15) is 40.2 Å². The molecule has 2 aromatic heterocycles. The van der Waals surface area contributed by atoms with Gasteiger partial charge in [0.1, 0.15) is 5.82 Å². The van der Waals surface area contributed by atoms with Gasteiger partial charge in [-0.15, -0.1) is 0 Å². The third-order valence-corrected chi connectivity index (χ3v) is 4.67. The smallest absolute Gasteiger partial charge is 0.272 e. The van der Waals surface area contributed by atoms with Crippen molar-refractivity contribution < 1.29 is 9.18 Å². The van der Waals surface area contributed by atoms with Crippen LogP contribution in [0.3, 0.4) is 0 Å². The molecule has 0 fully saturated rings. The van der Waals surface area contributed by atoms with Crippen molar-refractivity contribution in [2.75, 3.05) is 0 Å². The molecule has 6 heteroatoms. The van der Waals surface area contributed by atoms with E-state index < -0.39 is 0 Å². The van der Waals surface area contributed by atoms with Gasteiger partial charge in [-0.2, -0.15) is 5.10 Å². The number of benzene rings is 1. The number of nitrogens with one attached hydrogen (secondary N) is 1. The maximum absolute atomic E-state index is 13.2. The zero-order chi connectivity index (χ0) is 17.9. The minimum atomic E-state index is -0.287. The van der Waals surface area contributed by atoms with Gasteiger partial charge in [-0.05, 0) is 67.6 Å². The van der Waals surface area contributed by atoms with E-state index in [9.17, 15) is 9.18 Å². The van der Waals surface area contributed by atoms with Gasteiger partial charge in [0.05, 0.1) is 5.69 Å². The van der Waals surface area contributed by atoms with Gasteiger partial charge in [-0.1, -0.05) is 0 Å². The number of halogens is 1. The van der Waals surface area contributed by atoms with Crippen molar-refractivity contribution in [2.45, 2.75) is 32.2 Å². The van der Waals surface area contributed by atoms with Crippen molar-refractivity contribution in [3.63, 3.8) is 0 Å². The molecule has 0 spiro atoms. The fraction of sp³-hybridized carbons (Fsp3) is 0.250. The minimum absolute atomic E-state index is 0.180. The van der Waals surface area contributed by atoms with E-state index in [4.69, 9.17) is 0 Å². The van der Waals surface area contributed by atoms with Crippen LogP contribution in [0.2, 0.25) is 0 Å². The first kappa shape index (κ1) is 16.4. The fourth-order valence-electron chi connectivity index (χ4n) is 3.34. The molecular formula is C20H19FN4O. The Labute approximate surface area is 150 Å². The van der Waals surface area contributed by atoms with E-state index in [-0.39, 0.29) is 11.7 Å². The summed E-state index contributed by atoms with van der Waals surface area (Å²) in [4.78, 5) is 16.7. The van der Waals surface area contributed by atoms with E-state index >= 15 is 0 Å². The molecule has 26 heavy (non-hydrogen) atoms. The number of aromatic nitrogens is 3. The number of fused-ring (bicyclic) bond motifs is 1. The molecule has 0 unspecified atom stereocenters. The quantitative estimate of drug-likeness (QED) is 0.786. The Kier molecular flexibility index (Phi) is 4.48. The van der Waals surface area contributed by atoms with Gasteiger partial charge in [0.15, 0.2) is 5.69 Å². The molecule has 1 aliphatic carbocycles. The van der Waals surface area contributed by atoms with Crippen molar-refractivity contribution in [1.29, 1.82) is 0 Å². The van der Waals surface area contributed by atoms with Crippen molar-refractivity contribution in [2.24, 2.45) is 0 Å². The molecule has 5 nitrogen and oxygen atoms in total. The van der Waals surface area contributed by atoms with Crippen LogP contribution in [0, 0.1) is 5.82 Å². The molecule has 0 radical (unpaired) electrons. The Balaban J connectivity index is 1.63. The second-order valence-electron chi connectivity index (χ2n) is 6.41. The highest BCUT2D eigenvalue weighted by Gasteiger charge is 2.25. The zero-order valence-corrected chi connectivity index (χ0v) is 14.3. The average molecular weight is 350 g/mol. The summed E-state index contributed by atoms with van der Waals surface area (Å²) in [7, 11) is 0. The fourth-order valence-corrected chi connectivity index (χ4v) is 3.34. The third kappa shape index (κ3) is 3.22. The molecule has 0 atom stereocenters. The Morgan fingerprint density at radius 1 is 1.08 bits per heavy atom. The molecule has 1 N–H and O–H groups in total. The lowest BCUT2D eigenvalue weighted by atomic mass is 9.95. The van der Waals surface area contributed by atoms with Crippen LogP contribution in [0.4, 0.5) is 4.39 Å². The lowest BCUT2D eigenvalue weighted by Crippen LogP contribution is -2.24. The standard InChI is InChI=1S/C20H19FN4O/c21-15-5-7-16(8-6-15)25-18-4-2-1-3-17(18)19(24-25)20(26)23-13-14-9-11-22-12-10-14/h5-12H,1-4,13H2,(H,23,26). The van der Waals surface area contributed by atoms with E-state index in [1.54, 1.807) is 29.2 Å². The summed E-state index contributed by atoms with van der Waals surface area (Å²) in [6, 6.07) is 9.94. The predicted octanol–water partition coefficient (Wildman–Crippen LogP) is 3.22. The molecule has 1 amide bonds. The number of rotatable bonds is 4. The summed E-state index contributed by atoms with van der Waals surface area (Å²) in [5.41, 5.74) is 4.29. The lowest BCUT2D eigenvalue weighted by molar-refractivity contribution is 0.0944. The number of carbonyl (C=O) groups is 1. The van der Waals surface area contributed by atoms with E-state index in [2.05, 4.69) is 15.4 Å². The number of pyridine rings is 1. The number of nitrogens with zero attached hydrogens (tertiary/aromatic N) is 3. The molecule has 2 heterocycles. The van der Waals surface area contributed by atoms with Crippen LogP contribution in [-0.4, -0.2) is 20.7 Å². The molecule has 4 rings (SSSR count). The van der Waals surface area contributed by atoms with Gasteiger partial charge in [0, 0.05) is 30.2 Å². The highest BCUT2D eigenvalue weighted by molar-refractivity contribution is 5.94. The Hall–Kier alpha value is -3.02. The number of hydrogen-bond donors (Lipinski definition) is 1. The Bertz CT molecular complexity index is 919. The zero-order valence-electron chi connectivity index (χ0n) is 14.3. The highest BCUT2D eigenvalue weighted by atomic mass is 19.1. The van der Waals surface area contributed by atoms with E-state index in [1.165, 1.54) is 12.1 Å². The van der Waals surface area contributed by atoms with Crippen molar-refractivity contribution in [3.8, 4) is 5.69 Å². The summed E-state index contributed by atoms with van der Waals surface area (Å²) in [5, 5.41) is 7.51. The average Bonchev–Trinajstić information content (AvgIpc) is 3.07. The van der Waals surface area contributed by atoms with Gasteiger partial charge in [0.25, 0.3) is 5.91 Å². The third-order valence-electron chi connectivity index (χ3n) is 4.67. The van der Waals surface area contributed by atoms with E-state index in [0.717, 1.165) is 48.2 Å². The molecule has 1 aromatic carbocycles. The topological polar surface area (TPSA) is 59.8 Å². The molecule has 3 aromatic rings. The summed E-state index contributed by atoms with van der Waals surface area (Å²) in [5.74, 6) is -0.467. The monoisotopic (exact) mass is 350 g/mol. The van der Waals surface area contributed by atoms with Crippen LogP contribution in [0.15, 0.2) is 48.8 Å². The SMILES string of the molecule is O=C(NCc1ccncc1)c1nn(-c2ccc(F)cc2)c2c1CCCC2. The molecular weight excluding hydrogens is 331 g/mol. The maximum atomic E-state index is 13.2. The Morgan fingerprint density at radius 3 is 2.58 bits per heavy atom. The predicted molar refractivity (Wildman–Crippen MR) is 95.6 cm³/mol. The normalized spacial score (nSPS) is 13.3. The van der Waals surface area contributed by atoms with E-state index in [0.29, 0.717) is 12.2 Å². The van der Waals surface area contributed by atoms with Gasteiger partial charge in [-0.25, -0.2) is 9.07 Å². The molecule has 0 bridgehead atoms. The van der Waals surface area contributed by atoms with Crippen LogP contribution < -0.4 is 5.32 Å². The van der Waals surface area contributed by atoms with Gasteiger partial charge in [0.2, 0.25) is 0 Å². The second kappa shape index (κ2) is 7.07. The molecule has 0 saturated carbocycles. The number of amides is 1. The first-order valence-electron chi connectivity index (χ1n) is 8.76. The number of hydrogen-bond acceptors (Lipinski definition) is 3. The molecule has 132 valence electrons. The lowest BCUT2D eigenvalue weighted by Gasteiger charge is -2.14. The van der Waals surface area contributed by atoms with Crippen molar-refractivity contribution >= 4 is 5.91 Å². The Morgan fingerprint density at radius 2 is 1.81 bits per heavy atom. The van der Waals surface area contributed by atoms with Gasteiger partial charge < -0.3 is 5.32 Å². The number of carbonyl (C=O) groups excluding carboxylic acids is 1. The molecule has 0 aliphatic heterocycles. The van der Waals surface area contributed by atoms with Crippen molar-refractivity contribution in [3.05, 3.63) is 77.1 Å². The summed E-state index contributed by atoms with van der Waals surface area (Å²) in [6.07, 6.45) is 7.23.